The van der Waals surface area contributed by atoms with Gasteiger partial charge in [-0.2, -0.15) is 0 Å². The molecular weight excluding hydrogens is 369 g/mol. The second kappa shape index (κ2) is 8.51. The number of nitrogens with one attached hydrogen (secondary N) is 2. The molecule has 1 aromatic heterocycles. The highest BCUT2D eigenvalue weighted by Crippen LogP contribution is 2.22. The number of amides is 1. The molecule has 27 heavy (non-hydrogen) atoms. The van der Waals surface area contributed by atoms with Crippen molar-refractivity contribution < 1.29 is 13.9 Å². The van der Waals surface area contributed by atoms with Crippen LogP contribution in [0.25, 0.3) is 0 Å². The largest absolute Gasteiger partial charge is 0.484 e. The van der Waals surface area contributed by atoms with Gasteiger partial charge in [0.2, 0.25) is 0 Å². The molecule has 0 spiro atoms. The van der Waals surface area contributed by atoms with Gasteiger partial charge in [0.15, 0.2) is 6.61 Å². The molecule has 0 aliphatic heterocycles. The molecule has 0 saturated carbocycles. The molecular formula is C20H17ClFN3O2. The summed E-state index contributed by atoms with van der Waals surface area (Å²) in [7, 11) is 0. The van der Waals surface area contributed by atoms with Crippen LogP contribution >= 0.6 is 11.6 Å². The fraction of sp³-hybridized carbons (Fsp3) is 0.100. The number of pyridine rings is 1. The van der Waals surface area contributed by atoms with Gasteiger partial charge < -0.3 is 15.4 Å². The number of aryl methyl sites for hydroxylation is 1. The first-order valence-corrected chi connectivity index (χ1v) is 8.55. The summed E-state index contributed by atoms with van der Waals surface area (Å²) in [6.07, 6.45) is 1.55. The van der Waals surface area contributed by atoms with E-state index in [0.717, 1.165) is 5.56 Å². The lowest BCUT2D eigenvalue weighted by Gasteiger charge is -2.09. The highest BCUT2D eigenvalue weighted by atomic mass is 35.5. The van der Waals surface area contributed by atoms with Crippen molar-refractivity contribution in [2.45, 2.75) is 6.92 Å². The van der Waals surface area contributed by atoms with Gasteiger partial charge in [-0.05, 0) is 49.4 Å². The molecule has 0 aliphatic rings. The maximum atomic E-state index is 13.2. The highest BCUT2D eigenvalue weighted by Gasteiger charge is 2.06. The van der Waals surface area contributed by atoms with Gasteiger partial charge in [0, 0.05) is 5.69 Å². The van der Waals surface area contributed by atoms with Crippen molar-refractivity contribution in [1.29, 1.82) is 0 Å². The van der Waals surface area contributed by atoms with Crippen molar-refractivity contribution >= 4 is 34.7 Å². The molecule has 1 amide bonds. The Labute approximate surface area is 161 Å². The van der Waals surface area contributed by atoms with E-state index < -0.39 is 5.82 Å². The number of anilines is 3. The highest BCUT2D eigenvalue weighted by molar-refractivity contribution is 6.31. The summed E-state index contributed by atoms with van der Waals surface area (Å²) in [4.78, 5) is 16.1. The van der Waals surface area contributed by atoms with Crippen LogP contribution in [-0.2, 0) is 4.79 Å². The molecule has 0 atom stereocenters. The number of carbonyl (C=O) groups is 1. The van der Waals surface area contributed by atoms with Crippen LogP contribution in [0.4, 0.5) is 21.6 Å². The van der Waals surface area contributed by atoms with Crippen molar-refractivity contribution in [3.05, 3.63) is 77.2 Å². The first kappa shape index (κ1) is 18.7. The smallest absolute Gasteiger partial charge is 0.263 e. The Bertz CT molecular complexity index is 931. The number of hydrogen-bond donors (Lipinski definition) is 2. The van der Waals surface area contributed by atoms with Crippen molar-refractivity contribution in [2.75, 3.05) is 17.2 Å². The Kier molecular flexibility index (Phi) is 5.88. The van der Waals surface area contributed by atoms with Crippen LogP contribution < -0.4 is 15.4 Å². The van der Waals surface area contributed by atoms with Crippen molar-refractivity contribution in [3.63, 3.8) is 0 Å². The van der Waals surface area contributed by atoms with E-state index in [0.29, 0.717) is 22.9 Å². The van der Waals surface area contributed by atoms with Gasteiger partial charge >= 0.3 is 0 Å². The minimum absolute atomic E-state index is 0.0328. The summed E-state index contributed by atoms with van der Waals surface area (Å²) < 4.78 is 18.6. The molecule has 0 unspecified atom stereocenters. The van der Waals surface area contributed by atoms with Gasteiger partial charge in [-0.3, -0.25) is 4.79 Å². The minimum Gasteiger partial charge on any atom is -0.484 e. The van der Waals surface area contributed by atoms with E-state index in [2.05, 4.69) is 15.6 Å². The van der Waals surface area contributed by atoms with Gasteiger partial charge in [-0.1, -0.05) is 29.3 Å². The summed E-state index contributed by atoms with van der Waals surface area (Å²) in [5.74, 6) is 0.233. The number of nitrogens with zero attached hydrogens (tertiary/aromatic N) is 1. The molecule has 0 radical (unpaired) electrons. The number of carbonyl (C=O) groups excluding carboxylic acids is 1. The average molecular weight is 386 g/mol. The molecule has 0 saturated heterocycles. The number of ether oxygens (including phenoxy) is 1. The lowest BCUT2D eigenvalue weighted by Crippen LogP contribution is -2.20. The summed E-state index contributed by atoms with van der Waals surface area (Å²) in [6, 6.07) is 15.2. The third kappa shape index (κ3) is 5.43. The second-order valence-corrected chi connectivity index (χ2v) is 6.24. The average Bonchev–Trinajstić information content (AvgIpc) is 2.66. The molecule has 3 aromatic rings. The summed E-state index contributed by atoms with van der Waals surface area (Å²) in [6.45, 7) is 1.87. The van der Waals surface area contributed by atoms with E-state index in [-0.39, 0.29) is 17.5 Å². The number of benzene rings is 2. The molecule has 2 aromatic carbocycles. The Morgan fingerprint density at radius 2 is 1.85 bits per heavy atom. The molecule has 1 heterocycles. The fourth-order valence-corrected chi connectivity index (χ4v) is 2.43. The molecule has 2 N–H and O–H groups in total. The molecule has 3 rings (SSSR count). The van der Waals surface area contributed by atoms with Crippen LogP contribution in [0.2, 0.25) is 5.02 Å². The molecule has 7 heteroatoms. The molecule has 138 valence electrons. The van der Waals surface area contributed by atoms with Crippen LogP contribution in [0.3, 0.4) is 0 Å². The maximum absolute atomic E-state index is 13.2. The lowest BCUT2D eigenvalue weighted by atomic mass is 10.2. The van der Waals surface area contributed by atoms with Crippen LogP contribution in [0.1, 0.15) is 5.56 Å². The van der Waals surface area contributed by atoms with Gasteiger partial charge in [-0.25, -0.2) is 9.37 Å². The zero-order valence-electron chi connectivity index (χ0n) is 14.5. The summed E-state index contributed by atoms with van der Waals surface area (Å²) in [5, 5.41) is 5.74. The monoisotopic (exact) mass is 385 g/mol. The van der Waals surface area contributed by atoms with E-state index in [4.69, 9.17) is 16.3 Å². The molecule has 0 bridgehead atoms. The predicted octanol–water partition coefficient (Wildman–Crippen LogP) is 4.94. The van der Waals surface area contributed by atoms with E-state index >= 15 is 0 Å². The Morgan fingerprint density at radius 3 is 2.52 bits per heavy atom. The number of hydrogen-bond acceptors (Lipinski definition) is 4. The molecule has 0 fully saturated rings. The van der Waals surface area contributed by atoms with Gasteiger partial charge in [0.05, 0.1) is 16.9 Å². The van der Waals surface area contributed by atoms with Crippen molar-refractivity contribution in [1.82, 2.24) is 4.98 Å². The summed E-state index contributed by atoms with van der Waals surface area (Å²) in [5.41, 5.74) is 2.42. The van der Waals surface area contributed by atoms with Crippen molar-refractivity contribution in [3.8, 4) is 5.75 Å². The second-order valence-electron chi connectivity index (χ2n) is 5.84. The molecule has 5 nitrogen and oxygen atoms in total. The van der Waals surface area contributed by atoms with E-state index in [1.807, 2.05) is 31.2 Å². The number of halogens is 2. The molecule has 0 aliphatic carbocycles. The van der Waals surface area contributed by atoms with Crippen molar-refractivity contribution in [2.24, 2.45) is 0 Å². The normalized spacial score (nSPS) is 10.3. The standard InChI is InChI=1S/C20H17ClFN3O2/c1-13-2-6-16(7-3-13)27-12-20(26)25-19-9-5-15(11-23-19)24-14-4-8-18(22)17(21)10-14/h2-11,24H,12H2,1H3,(H,23,25,26). The van der Waals surface area contributed by atoms with Crippen LogP contribution in [0.5, 0.6) is 5.75 Å². The van der Waals surface area contributed by atoms with E-state index in [1.165, 1.54) is 12.1 Å². The van der Waals surface area contributed by atoms with E-state index in [1.54, 1.807) is 24.4 Å². The van der Waals surface area contributed by atoms with Crippen LogP contribution in [0.15, 0.2) is 60.8 Å². The van der Waals surface area contributed by atoms with E-state index in [9.17, 15) is 9.18 Å². The quantitative estimate of drug-likeness (QED) is 0.630. The van der Waals surface area contributed by atoms with Gasteiger partial charge in [0.1, 0.15) is 17.4 Å². The number of aromatic nitrogens is 1. The predicted molar refractivity (Wildman–Crippen MR) is 104 cm³/mol. The third-order valence-corrected chi connectivity index (χ3v) is 3.92. The Morgan fingerprint density at radius 1 is 1.11 bits per heavy atom. The first-order valence-electron chi connectivity index (χ1n) is 8.17. The lowest BCUT2D eigenvalue weighted by molar-refractivity contribution is -0.118. The van der Waals surface area contributed by atoms with Gasteiger partial charge in [0.25, 0.3) is 5.91 Å². The Hall–Kier alpha value is -3.12. The maximum Gasteiger partial charge on any atom is 0.263 e. The number of rotatable bonds is 6. The summed E-state index contributed by atoms with van der Waals surface area (Å²) >= 11 is 5.75. The van der Waals surface area contributed by atoms with Gasteiger partial charge in [-0.15, -0.1) is 0 Å². The SMILES string of the molecule is Cc1ccc(OCC(=O)Nc2ccc(Nc3ccc(F)c(Cl)c3)cn2)cc1. The zero-order valence-corrected chi connectivity index (χ0v) is 15.3. The van der Waals surface area contributed by atoms with Crippen LogP contribution in [0, 0.1) is 12.7 Å². The topological polar surface area (TPSA) is 63.2 Å². The zero-order chi connectivity index (χ0) is 19.2. The fourth-order valence-electron chi connectivity index (χ4n) is 2.24. The van der Waals surface area contributed by atoms with Crippen LogP contribution in [-0.4, -0.2) is 17.5 Å². The minimum atomic E-state index is -0.480. The Balaban J connectivity index is 1.52. The first-order chi connectivity index (χ1) is 13.0. The third-order valence-electron chi connectivity index (χ3n) is 3.63.